The van der Waals surface area contributed by atoms with E-state index in [2.05, 4.69) is 10.1 Å². The van der Waals surface area contributed by atoms with E-state index in [1.807, 2.05) is 0 Å². The molecule has 0 heterocycles. The van der Waals surface area contributed by atoms with E-state index in [0.717, 1.165) is 0 Å². The third kappa shape index (κ3) is 3.82. The molecule has 94 valence electrons. The van der Waals surface area contributed by atoms with Gasteiger partial charge in [0.05, 0.1) is 7.11 Å². The topological polar surface area (TPSA) is 38.3 Å². The molecule has 0 aliphatic heterocycles. The van der Waals surface area contributed by atoms with Crippen LogP contribution in [-0.2, 0) is 16.0 Å². The first-order chi connectivity index (χ1) is 7.97. The van der Waals surface area contributed by atoms with Crippen molar-refractivity contribution in [3.8, 4) is 0 Å². The second kappa shape index (κ2) is 5.77. The number of methoxy groups -OCH3 is 1. The second-order valence-corrected chi connectivity index (χ2v) is 4.38. The van der Waals surface area contributed by atoms with Gasteiger partial charge in [-0.2, -0.15) is 0 Å². The molecular formula is C13H18FNO2. The van der Waals surface area contributed by atoms with Crippen molar-refractivity contribution in [2.75, 3.05) is 13.7 Å². The zero-order valence-electron chi connectivity index (χ0n) is 10.4. The van der Waals surface area contributed by atoms with E-state index in [-0.39, 0.29) is 11.8 Å². The van der Waals surface area contributed by atoms with Crippen LogP contribution in [0.25, 0.3) is 0 Å². The zero-order valence-corrected chi connectivity index (χ0v) is 10.4. The standard InChI is InChI=1S/C13H18FNO2/c1-13(2,12(16)17-3)15-9-8-10-6-4-5-7-11(10)14/h4-7,15H,8-9H2,1-3H3. The van der Waals surface area contributed by atoms with Crippen molar-refractivity contribution in [2.45, 2.75) is 25.8 Å². The first-order valence-corrected chi connectivity index (χ1v) is 5.54. The summed E-state index contributed by atoms with van der Waals surface area (Å²) in [4.78, 5) is 11.4. The molecule has 0 aliphatic carbocycles. The molecule has 0 radical (unpaired) electrons. The summed E-state index contributed by atoms with van der Waals surface area (Å²) in [6.07, 6.45) is 0.535. The average Bonchev–Trinajstić information content (AvgIpc) is 2.30. The second-order valence-electron chi connectivity index (χ2n) is 4.38. The van der Waals surface area contributed by atoms with Crippen molar-refractivity contribution in [1.29, 1.82) is 0 Å². The molecule has 0 bridgehead atoms. The number of rotatable bonds is 5. The van der Waals surface area contributed by atoms with Gasteiger partial charge in [0, 0.05) is 6.54 Å². The fourth-order valence-corrected chi connectivity index (χ4v) is 1.54. The molecule has 4 heteroatoms. The first kappa shape index (κ1) is 13.6. The molecule has 0 fully saturated rings. The van der Waals surface area contributed by atoms with Crippen LogP contribution in [0.15, 0.2) is 24.3 Å². The van der Waals surface area contributed by atoms with Gasteiger partial charge in [0.1, 0.15) is 11.4 Å². The van der Waals surface area contributed by atoms with Crippen LogP contribution in [0.4, 0.5) is 4.39 Å². The Bertz CT molecular complexity index is 391. The van der Waals surface area contributed by atoms with Gasteiger partial charge < -0.3 is 10.1 Å². The molecule has 0 unspecified atom stereocenters. The van der Waals surface area contributed by atoms with E-state index < -0.39 is 5.54 Å². The number of hydrogen-bond donors (Lipinski definition) is 1. The average molecular weight is 239 g/mol. The molecule has 0 saturated carbocycles. The number of esters is 1. The van der Waals surface area contributed by atoms with Gasteiger partial charge in [-0.3, -0.25) is 4.79 Å². The molecule has 1 N–H and O–H groups in total. The number of benzene rings is 1. The lowest BCUT2D eigenvalue weighted by molar-refractivity contribution is -0.147. The quantitative estimate of drug-likeness (QED) is 0.798. The van der Waals surface area contributed by atoms with Crippen molar-refractivity contribution in [2.24, 2.45) is 0 Å². The maximum atomic E-state index is 13.3. The van der Waals surface area contributed by atoms with Crippen LogP contribution in [0.3, 0.4) is 0 Å². The molecule has 0 amide bonds. The molecule has 17 heavy (non-hydrogen) atoms. The summed E-state index contributed by atoms with van der Waals surface area (Å²) in [7, 11) is 1.35. The lowest BCUT2D eigenvalue weighted by Gasteiger charge is -2.23. The minimum absolute atomic E-state index is 0.217. The predicted molar refractivity (Wildman–Crippen MR) is 64.2 cm³/mol. The third-order valence-corrected chi connectivity index (χ3v) is 2.61. The summed E-state index contributed by atoms with van der Waals surface area (Å²) in [6.45, 7) is 3.99. The van der Waals surface area contributed by atoms with Gasteiger partial charge in [-0.1, -0.05) is 18.2 Å². The molecule has 0 aromatic heterocycles. The van der Waals surface area contributed by atoms with Gasteiger partial charge in [-0.05, 0) is 31.9 Å². The molecule has 0 aliphatic rings. The van der Waals surface area contributed by atoms with Gasteiger partial charge in [0.2, 0.25) is 0 Å². The molecule has 0 spiro atoms. The number of hydrogen-bond acceptors (Lipinski definition) is 3. The van der Waals surface area contributed by atoms with E-state index in [1.165, 1.54) is 13.2 Å². The minimum atomic E-state index is -0.750. The summed E-state index contributed by atoms with van der Waals surface area (Å²) in [5, 5.41) is 3.04. The summed E-state index contributed by atoms with van der Waals surface area (Å²) < 4.78 is 18.0. The van der Waals surface area contributed by atoms with Gasteiger partial charge in [0.15, 0.2) is 0 Å². The Hall–Kier alpha value is -1.42. The maximum Gasteiger partial charge on any atom is 0.325 e. The fraction of sp³-hybridized carbons (Fsp3) is 0.462. The van der Waals surface area contributed by atoms with E-state index in [0.29, 0.717) is 18.5 Å². The van der Waals surface area contributed by atoms with Crippen LogP contribution >= 0.6 is 0 Å². The lowest BCUT2D eigenvalue weighted by atomic mass is 10.1. The number of nitrogens with one attached hydrogen (secondary N) is 1. The van der Waals surface area contributed by atoms with Crippen molar-refractivity contribution in [3.63, 3.8) is 0 Å². The summed E-state index contributed by atoms with van der Waals surface area (Å²) in [5.41, 5.74) is -0.110. The number of halogens is 1. The maximum absolute atomic E-state index is 13.3. The molecule has 3 nitrogen and oxygen atoms in total. The predicted octanol–water partition coefficient (Wildman–Crippen LogP) is 1.91. The van der Waals surface area contributed by atoms with Crippen LogP contribution in [0, 0.1) is 5.82 Å². The van der Waals surface area contributed by atoms with Crippen LogP contribution in [-0.4, -0.2) is 25.2 Å². The Balaban J connectivity index is 2.48. The SMILES string of the molecule is COC(=O)C(C)(C)NCCc1ccccc1F. The normalized spacial score (nSPS) is 11.3. The zero-order chi connectivity index (χ0) is 12.9. The van der Waals surface area contributed by atoms with Gasteiger partial charge in [-0.25, -0.2) is 4.39 Å². The molecule has 1 aromatic rings. The van der Waals surface area contributed by atoms with Crippen LogP contribution in [0.1, 0.15) is 19.4 Å². The Morgan fingerprint density at radius 1 is 1.41 bits per heavy atom. The Labute approximate surface area is 101 Å². The Kier molecular flexibility index (Phi) is 4.63. The number of carbonyl (C=O) groups is 1. The first-order valence-electron chi connectivity index (χ1n) is 5.54. The Morgan fingerprint density at radius 3 is 2.65 bits per heavy atom. The van der Waals surface area contributed by atoms with Crippen LogP contribution in [0.2, 0.25) is 0 Å². The highest BCUT2D eigenvalue weighted by atomic mass is 19.1. The lowest BCUT2D eigenvalue weighted by Crippen LogP contribution is -2.48. The molecule has 1 rings (SSSR count). The van der Waals surface area contributed by atoms with E-state index in [4.69, 9.17) is 0 Å². The molecular weight excluding hydrogens is 221 g/mol. The summed E-state index contributed by atoms with van der Waals surface area (Å²) in [5.74, 6) is -0.545. The van der Waals surface area contributed by atoms with E-state index in [9.17, 15) is 9.18 Å². The fourth-order valence-electron chi connectivity index (χ4n) is 1.54. The monoisotopic (exact) mass is 239 g/mol. The van der Waals surface area contributed by atoms with Crippen molar-refractivity contribution in [1.82, 2.24) is 5.32 Å². The number of carbonyl (C=O) groups excluding carboxylic acids is 1. The van der Waals surface area contributed by atoms with Crippen molar-refractivity contribution < 1.29 is 13.9 Å². The molecule has 1 aromatic carbocycles. The summed E-state index contributed by atoms with van der Waals surface area (Å²) >= 11 is 0. The van der Waals surface area contributed by atoms with Gasteiger partial charge in [0.25, 0.3) is 0 Å². The van der Waals surface area contributed by atoms with Crippen molar-refractivity contribution in [3.05, 3.63) is 35.6 Å². The number of ether oxygens (including phenoxy) is 1. The van der Waals surface area contributed by atoms with Gasteiger partial charge in [-0.15, -0.1) is 0 Å². The van der Waals surface area contributed by atoms with E-state index >= 15 is 0 Å². The van der Waals surface area contributed by atoms with Gasteiger partial charge >= 0.3 is 5.97 Å². The highest BCUT2D eigenvalue weighted by Crippen LogP contribution is 2.08. The molecule has 0 atom stereocenters. The highest BCUT2D eigenvalue weighted by Gasteiger charge is 2.27. The van der Waals surface area contributed by atoms with E-state index in [1.54, 1.807) is 32.0 Å². The Morgan fingerprint density at radius 2 is 2.06 bits per heavy atom. The van der Waals surface area contributed by atoms with Crippen LogP contribution in [0.5, 0.6) is 0 Å². The molecule has 0 saturated heterocycles. The third-order valence-electron chi connectivity index (χ3n) is 2.61. The smallest absolute Gasteiger partial charge is 0.325 e. The van der Waals surface area contributed by atoms with Crippen LogP contribution < -0.4 is 5.32 Å². The largest absolute Gasteiger partial charge is 0.468 e. The minimum Gasteiger partial charge on any atom is -0.468 e. The summed E-state index contributed by atoms with van der Waals surface area (Å²) in [6, 6.07) is 6.62. The highest BCUT2D eigenvalue weighted by molar-refractivity contribution is 5.79. The van der Waals surface area contributed by atoms with Crippen molar-refractivity contribution >= 4 is 5.97 Å².